The van der Waals surface area contributed by atoms with E-state index in [-0.39, 0.29) is 28.3 Å². The monoisotopic (exact) mass is 427 g/mol. The number of carbonyl (C=O) groups excluding carboxylic acids is 2. The van der Waals surface area contributed by atoms with E-state index < -0.39 is 0 Å². The minimum Gasteiger partial charge on any atom is -0.462 e. The van der Waals surface area contributed by atoms with Crippen molar-refractivity contribution in [3.63, 3.8) is 0 Å². The number of ketones is 1. The van der Waals surface area contributed by atoms with Gasteiger partial charge in [0, 0.05) is 25.3 Å². The molecule has 4 saturated carbocycles. The average molecular weight is 428 g/mol. The van der Waals surface area contributed by atoms with Crippen LogP contribution in [0.2, 0.25) is 0 Å². The molecule has 0 saturated heterocycles. The van der Waals surface area contributed by atoms with E-state index in [4.69, 9.17) is 4.74 Å². The highest BCUT2D eigenvalue weighted by atomic mass is 16.5. The van der Waals surface area contributed by atoms with Gasteiger partial charge in [-0.1, -0.05) is 33.8 Å². The molecule has 0 bridgehead atoms. The third kappa shape index (κ3) is 2.63. The third-order valence-electron chi connectivity index (χ3n) is 11.1. The Bertz CT molecular complexity index is 845. The molecule has 0 aromatic rings. The van der Waals surface area contributed by atoms with E-state index in [0.29, 0.717) is 41.4 Å². The van der Waals surface area contributed by atoms with Crippen molar-refractivity contribution in [1.29, 1.82) is 0 Å². The van der Waals surface area contributed by atoms with Crippen LogP contribution in [0.15, 0.2) is 11.6 Å². The average Bonchev–Trinajstić information content (AvgIpc) is 3.33. The molecule has 0 unspecified atom stereocenters. The Morgan fingerprint density at radius 1 is 1.19 bits per heavy atom. The van der Waals surface area contributed by atoms with Gasteiger partial charge in [-0.3, -0.25) is 9.59 Å². The highest BCUT2D eigenvalue weighted by molar-refractivity contribution is 5.96. The van der Waals surface area contributed by atoms with Gasteiger partial charge in [-0.15, -0.1) is 0 Å². The topological polar surface area (TPSA) is 55.4 Å². The van der Waals surface area contributed by atoms with E-state index in [1.807, 2.05) is 0 Å². The summed E-state index contributed by atoms with van der Waals surface area (Å²) in [4.78, 5) is 25.3. The standard InChI is InChI=1S/C27H41NO3/c1-7-17-12-18-8-10-27-15-26(27)11-9-22(28-6)24(3,4)21(26)13-20(31-16(2)29)23(27)25(18,5)14-19(17)30/h12,18,20-23,28H,7-11,13-15H2,1-6H3/t18-,20+,21+,22+,23+,25-,26+,27+/m1/s1. The molecule has 0 amide bonds. The van der Waals surface area contributed by atoms with Gasteiger partial charge in [0.05, 0.1) is 0 Å². The molecule has 0 aromatic heterocycles. The second kappa shape index (κ2) is 6.68. The predicted molar refractivity (Wildman–Crippen MR) is 121 cm³/mol. The summed E-state index contributed by atoms with van der Waals surface area (Å²) in [5, 5.41) is 3.60. The molecule has 4 heteroatoms. The lowest BCUT2D eigenvalue weighted by atomic mass is 9.43. The molecule has 172 valence electrons. The van der Waals surface area contributed by atoms with Crippen molar-refractivity contribution in [2.75, 3.05) is 7.05 Å². The van der Waals surface area contributed by atoms with Crippen LogP contribution >= 0.6 is 0 Å². The SMILES string of the molecule is CCC1=C[C@H]2CC[C@@]34C[C@]35CC[C@H](NC)C(C)(C)[C@@H]5C[C@H](OC(C)=O)[C@H]4[C@]2(C)CC1=O. The molecular formula is C27H41NO3. The van der Waals surface area contributed by atoms with Crippen LogP contribution in [0, 0.1) is 39.4 Å². The first kappa shape index (κ1) is 21.7. The smallest absolute Gasteiger partial charge is 0.302 e. The minimum atomic E-state index is -0.162. The molecule has 31 heavy (non-hydrogen) atoms. The normalized spacial score (nSPS) is 49.7. The summed E-state index contributed by atoms with van der Waals surface area (Å²) in [6.45, 7) is 10.9. The molecule has 4 nitrogen and oxygen atoms in total. The number of esters is 1. The van der Waals surface area contributed by atoms with E-state index in [1.54, 1.807) is 6.92 Å². The summed E-state index contributed by atoms with van der Waals surface area (Å²) < 4.78 is 6.17. The van der Waals surface area contributed by atoms with Gasteiger partial charge in [-0.2, -0.15) is 0 Å². The summed E-state index contributed by atoms with van der Waals surface area (Å²) in [5.74, 6) is 1.47. The van der Waals surface area contributed by atoms with Crippen molar-refractivity contribution < 1.29 is 14.3 Å². The quantitative estimate of drug-likeness (QED) is 0.639. The maximum absolute atomic E-state index is 13.1. The molecule has 5 aliphatic carbocycles. The summed E-state index contributed by atoms with van der Waals surface area (Å²) in [6, 6.07) is 0.508. The molecule has 4 fully saturated rings. The summed E-state index contributed by atoms with van der Waals surface area (Å²) in [6.07, 6.45) is 10.9. The molecule has 5 aliphatic rings. The van der Waals surface area contributed by atoms with E-state index in [1.165, 1.54) is 32.1 Å². The molecule has 0 heterocycles. The summed E-state index contributed by atoms with van der Waals surface area (Å²) in [5.41, 5.74) is 1.73. The number of allylic oxidation sites excluding steroid dienone is 2. The summed E-state index contributed by atoms with van der Waals surface area (Å²) >= 11 is 0. The van der Waals surface area contributed by atoms with Gasteiger partial charge in [0.2, 0.25) is 0 Å². The van der Waals surface area contributed by atoms with Crippen LogP contribution < -0.4 is 5.32 Å². The van der Waals surface area contributed by atoms with Crippen LogP contribution in [0.25, 0.3) is 0 Å². The molecule has 0 aliphatic heterocycles. The zero-order valence-corrected chi connectivity index (χ0v) is 20.3. The second-order valence-corrected chi connectivity index (χ2v) is 12.4. The fraction of sp³-hybridized carbons (Fsp3) is 0.852. The largest absolute Gasteiger partial charge is 0.462 e. The molecule has 2 spiro atoms. The van der Waals surface area contributed by atoms with Crippen LogP contribution in [-0.2, 0) is 14.3 Å². The fourth-order valence-electron chi connectivity index (χ4n) is 9.90. The van der Waals surface area contributed by atoms with Crippen molar-refractivity contribution in [2.24, 2.45) is 39.4 Å². The number of hydrogen-bond acceptors (Lipinski definition) is 4. The first-order valence-electron chi connectivity index (χ1n) is 12.6. The number of fused-ring (bicyclic) bond motifs is 2. The van der Waals surface area contributed by atoms with Crippen LogP contribution in [-0.4, -0.2) is 30.9 Å². The number of carbonyl (C=O) groups is 2. The number of nitrogens with one attached hydrogen (secondary N) is 1. The zero-order valence-electron chi connectivity index (χ0n) is 20.3. The lowest BCUT2D eigenvalue weighted by Crippen LogP contribution is -2.62. The summed E-state index contributed by atoms with van der Waals surface area (Å²) in [7, 11) is 2.10. The van der Waals surface area contributed by atoms with E-state index >= 15 is 0 Å². The van der Waals surface area contributed by atoms with E-state index in [0.717, 1.165) is 18.4 Å². The van der Waals surface area contributed by atoms with Gasteiger partial charge >= 0.3 is 5.97 Å². The van der Waals surface area contributed by atoms with Crippen LogP contribution in [0.3, 0.4) is 0 Å². The van der Waals surface area contributed by atoms with Crippen LogP contribution in [0.4, 0.5) is 0 Å². The van der Waals surface area contributed by atoms with Crippen LogP contribution in [0.1, 0.15) is 86.0 Å². The third-order valence-corrected chi connectivity index (χ3v) is 11.1. The van der Waals surface area contributed by atoms with Gasteiger partial charge in [0.1, 0.15) is 6.10 Å². The number of ether oxygens (including phenoxy) is 1. The highest BCUT2D eigenvalue weighted by Gasteiger charge is 2.82. The van der Waals surface area contributed by atoms with Gasteiger partial charge < -0.3 is 10.1 Å². The molecule has 0 aromatic carbocycles. The Hall–Kier alpha value is -1.16. The van der Waals surface area contributed by atoms with Gasteiger partial charge in [0.15, 0.2) is 5.78 Å². The van der Waals surface area contributed by atoms with Gasteiger partial charge in [-0.05, 0) is 91.1 Å². The molecule has 1 N–H and O–H groups in total. The molecule has 0 radical (unpaired) electrons. The fourth-order valence-corrected chi connectivity index (χ4v) is 9.90. The van der Waals surface area contributed by atoms with Crippen molar-refractivity contribution in [3.8, 4) is 0 Å². The first-order valence-corrected chi connectivity index (χ1v) is 12.6. The maximum atomic E-state index is 13.1. The minimum absolute atomic E-state index is 0.0646. The van der Waals surface area contributed by atoms with Crippen molar-refractivity contribution in [1.82, 2.24) is 5.32 Å². The molecule has 8 atom stereocenters. The van der Waals surface area contributed by atoms with Crippen molar-refractivity contribution in [3.05, 3.63) is 11.6 Å². The number of hydrogen-bond donors (Lipinski definition) is 1. The van der Waals surface area contributed by atoms with Gasteiger partial charge in [-0.25, -0.2) is 0 Å². The van der Waals surface area contributed by atoms with Crippen molar-refractivity contribution in [2.45, 2.75) is 98.1 Å². The Balaban J connectivity index is 1.60. The maximum Gasteiger partial charge on any atom is 0.302 e. The lowest BCUT2D eigenvalue weighted by Gasteiger charge is -2.63. The van der Waals surface area contributed by atoms with Crippen LogP contribution in [0.5, 0.6) is 0 Å². The first-order chi connectivity index (χ1) is 14.6. The van der Waals surface area contributed by atoms with E-state index in [2.05, 4.69) is 46.1 Å². The highest BCUT2D eigenvalue weighted by Crippen LogP contribution is 2.87. The molecule has 5 rings (SSSR count). The number of rotatable bonds is 3. The Morgan fingerprint density at radius 2 is 1.90 bits per heavy atom. The Labute approximate surface area is 187 Å². The van der Waals surface area contributed by atoms with Crippen molar-refractivity contribution >= 4 is 11.8 Å². The Kier molecular flexibility index (Phi) is 4.67. The number of Topliss-reactive ketones (excluding diaryl/α,β-unsaturated/α-hetero) is 1. The Morgan fingerprint density at radius 3 is 2.55 bits per heavy atom. The predicted octanol–water partition coefficient (Wildman–Crippen LogP) is 5.06. The van der Waals surface area contributed by atoms with Gasteiger partial charge in [0.25, 0.3) is 0 Å². The lowest BCUT2D eigenvalue weighted by molar-refractivity contribution is -0.190. The van der Waals surface area contributed by atoms with E-state index in [9.17, 15) is 9.59 Å². The second-order valence-electron chi connectivity index (χ2n) is 12.4. The zero-order chi connectivity index (χ0) is 22.4. The molecular weight excluding hydrogens is 386 g/mol.